The van der Waals surface area contributed by atoms with Crippen LogP contribution in [0.5, 0.6) is 0 Å². The monoisotopic (exact) mass is 361 g/mol. The summed E-state index contributed by atoms with van der Waals surface area (Å²) in [6, 6.07) is 5.25. The fourth-order valence-electron chi connectivity index (χ4n) is 3.46. The average molecular weight is 361 g/mol. The third kappa shape index (κ3) is 2.41. The number of aromatic nitrogens is 1. The number of aryl methyl sites for hydroxylation is 1. The standard InChI is InChI=1S/C18H19NO5S/c1-4-11-7-10-25-15(11)14(20)12-5-6-13-18(16(21)23-2,17(22)24-3)8-9-19(12)13/h5-7,10H,4,8-9H2,1-3H3. The molecular formula is C18H19NO5S. The predicted molar refractivity (Wildman–Crippen MR) is 91.9 cm³/mol. The van der Waals surface area contributed by atoms with E-state index >= 15 is 0 Å². The Kier molecular flexibility index (Phi) is 4.51. The van der Waals surface area contributed by atoms with Gasteiger partial charge in [-0.3, -0.25) is 14.4 Å². The van der Waals surface area contributed by atoms with Gasteiger partial charge < -0.3 is 14.0 Å². The number of ether oxygens (including phenoxy) is 2. The SMILES string of the molecule is CCc1ccsc1C(=O)c1ccc2n1CCC2(C(=O)OC)C(=O)OC. The maximum atomic E-state index is 13.0. The Morgan fingerprint density at radius 3 is 2.44 bits per heavy atom. The summed E-state index contributed by atoms with van der Waals surface area (Å²) in [6.45, 7) is 2.38. The molecule has 25 heavy (non-hydrogen) atoms. The van der Waals surface area contributed by atoms with E-state index < -0.39 is 17.4 Å². The molecule has 0 aromatic carbocycles. The van der Waals surface area contributed by atoms with E-state index in [9.17, 15) is 14.4 Å². The van der Waals surface area contributed by atoms with Crippen molar-refractivity contribution in [2.75, 3.05) is 14.2 Å². The van der Waals surface area contributed by atoms with Crippen LogP contribution in [0.25, 0.3) is 0 Å². The Hall–Kier alpha value is -2.41. The van der Waals surface area contributed by atoms with Gasteiger partial charge in [0.2, 0.25) is 11.2 Å². The second kappa shape index (κ2) is 6.48. The number of carbonyl (C=O) groups excluding carboxylic acids is 3. The van der Waals surface area contributed by atoms with Gasteiger partial charge in [-0.1, -0.05) is 6.92 Å². The van der Waals surface area contributed by atoms with Crippen LogP contribution in [0.15, 0.2) is 23.6 Å². The molecule has 0 fully saturated rings. The third-order valence-electron chi connectivity index (χ3n) is 4.76. The summed E-state index contributed by atoms with van der Waals surface area (Å²) in [4.78, 5) is 38.4. The number of nitrogens with zero attached hydrogens (tertiary/aromatic N) is 1. The molecule has 6 nitrogen and oxygen atoms in total. The summed E-state index contributed by atoms with van der Waals surface area (Å²) in [5.74, 6) is -1.43. The number of methoxy groups -OCH3 is 2. The van der Waals surface area contributed by atoms with Crippen molar-refractivity contribution in [2.24, 2.45) is 0 Å². The van der Waals surface area contributed by atoms with Crippen LogP contribution in [0.4, 0.5) is 0 Å². The first-order valence-corrected chi connectivity index (χ1v) is 8.87. The first kappa shape index (κ1) is 17.4. The van der Waals surface area contributed by atoms with Crippen LogP contribution in [-0.2, 0) is 37.4 Å². The van der Waals surface area contributed by atoms with Crippen molar-refractivity contribution in [1.29, 1.82) is 0 Å². The fraction of sp³-hybridized carbons (Fsp3) is 0.389. The maximum absolute atomic E-state index is 13.0. The molecule has 2 aromatic heterocycles. The van der Waals surface area contributed by atoms with Crippen LogP contribution in [0.1, 0.15) is 40.0 Å². The molecule has 7 heteroatoms. The zero-order chi connectivity index (χ0) is 18.2. The Bertz CT molecular complexity index is 832. The number of carbonyl (C=O) groups is 3. The topological polar surface area (TPSA) is 74.6 Å². The van der Waals surface area contributed by atoms with Gasteiger partial charge in [-0.25, -0.2) is 0 Å². The molecule has 3 rings (SSSR count). The maximum Gasteiger partial charge on any atom is 0.329 e. The van der Waals surface area contributed by atoms with Crippen molar-refractivity contribution in [3.8, 4) is 0 Å². The van der Waals surface area contributed by atoms with Gasteiger partial charge in [0.25, 0.3) is 0 Å². The summed E-state index contributed by atoms with van der Waals surface area (Å²) < 4.78 is 11.5. The lowest BCUT2D eigenvalue weighted by molar-refractivity contribution is -0.161. The van der Waals surface area contributed by atoms with E-state index in [1.165, 1.54) is 25.6 Å². The van der Waals surface area contributed by atoms with Gasteiger partial charge in [0.15, 0.2) is 0 Å². The van der Waals surface area contributed by atoms with Crippen molar-refractivity contribution in [1.82, 2.24) is 4.57 Å². The van der Waals surface area contributed by atoms with Gasteiger partial charge in [-0.2, -0.15) is 0 Å². The van der Waals surface area contributed by atoms with Crippen molar-refractivity contribution < 1.29 is 23.9 Å². The smallest absolute Gasteiger partial charge is 0.329 e. The number of hydrogen-bond acceptors (Lipinski definition) is 6. The summed E-state index contributed by atoms with van der Waals surface area (Å²) in [5.41, 5.74) is 0.409. The van der Waals surface area contributed by atoms with Crippen molar-refractivity contribution in [3.63, 3.8) is 0 Å². The fourth-order valence-corrected chi connectivity index (χ4v) is 4.41. The van der Waals surface area contributed by atoms with Gasteiger partial charge in [0.1, 0.15) is 0 Å². The Balaban J connectivity index is 2.08. The second-order valence-electron chi connectivity index (χ2n) is 5.85. The van der Waals surface area contributed by atoms with E-state index in [1.54, 1.807) is 16.7 Å². The average Bonchev–Trinajstić information content (AvgIpc) is 3.34. The van der Waals surface area contributed by atoms with Gasteiger partial charge in [-0.05, 0) is 42.0 Å². The molecular weight excluding hydrogens is 342 g/mol. The lowest BCUT2D eigenvalue weighted by Crippen LogP contribution is -2.43. The zero-order valence-corrected chi connectivity index (χ0v) is 15.1. The van der Waals surface area contributed by atoms with E-state index in [4.69, 9.17) is 9.47 Å². The normalized spacial score (nSPS) is 14.8. The molecule has 2 aromatic rings. The number of esters is 2. The van der Waals surface area contributed by atoms with Crippen molar-refractivity contribution in [2.45, 2.75) is 31.7 Å². The van der Waals surface area contributed by atoms with Crippen molar-refractivity contribution in [3.05, 3.63) is 45.4 Å². The van der Waals surface area contributed by atoms with Crippen LogP contribution in [0.2, 0.25) is 0 Å². The highest BCUT2D eigenvalue weighted by Crippen LogP contribution is 2.39. The molecule has 0 N–H and O–H groups in total. The molecule has 3 heterocycles. The number of fused-ring (bicyclic) bond motifs is 1. The second-order valence-corrected chi connectivity index (χ2v) is 6.77. The number of rotatable bonds is 5. The minimum absolute atomic E-state index is 0.0939. The summed E-state index contributed by atoms with van der Waals surface area (Å²) in [6.07, 6.45) is 0.986. The molecule has 0 unspecified atom stereocenters. The largest absolute Gasteiger partial charge is 0.468 e. The number of thiophene rings is 1. The highest BCUT2D eigenvalue weighted by molar-refractivity contribution is 7.12. The van der Waals surface area contributed by atoms with Gasteiger partial charge >= 0.3 is 11.9 Å². The van der Waals surface area contributed by atoms with Crippen LogP contribution in [0.3, 0.4) is 0 Å². The van der Waals surface area contributed by atoms with Crippen molar-refractivity contribution >= 4 is 29.1 Å². The van der Waals surface area contributed by atoms with E-state index in [1.807, 2.05) is 18.4 Å². The van der Waals surface area contributed by atoms with Crippen LogP contribution in [0, 0.1) is 0 Å². The molecule has 0 amide bonds. The molecule has 0 radical (unpaired) electrons. The van der Waals surface area contributed by atoms with E-state index in [-0.39, 0.29) is 12.2 Å². The minimum atomic E-state index is -1.51. The summed E-state index contributed by atoms with van der Waals surface area (Å²) in [7, 11) is 2.48. The zero-order valence-electron chi connectivity index (χ0n) is 14.3. The van der Waals surface area contributed by atoms with Gasteiger partial charge in [0.05, 0.1) is 24.8 Å². The number of ketones is 1. The minimum Gasteiger partial charge on any atom is -0.468 e. The lowest BCUT2D eigenvalue weighted by atomic mass is 9.83. The van der Waals surface area contributed by atoms with Gasteiger partial charge in [0, 0.05) is 12.2 Å². The summed E-state index contributed by atoms with van der Waals surface area (Å²) in [5, 5.41) is 1.90. The van der Waals surface area contributed by atoms with Crippen LogP contribution >= 0.6 is 11.3 Å². The highest BCUT2D eigenvalue weighted by Gasteiger charge is 2.55. The third-order valence-corrected chi connectivity index (χ3v) is 5.72. The molecule has 0 saturated heterocycles. The Morgan fingerprint density at radius 2 is 1.84 bits per heavy atom. The highest BCUT2D eigenvalue weighted by atomic mass is 32.1. The molecule has 0 aliphatic carbocycles. The lowest BCUT2D eigenvalue weighted by Gasteiger charge is -2.22. The summed E-state index contributed by atoms with van der Waals surface area (Å²) >= 11 is 1.40. The molecule has 132 valence electrons. The predicted octanol–water partition coefficient (Wildman–Crippen LogP) is 2.33. The number of hydrogen-bond donors (Lipinski definition) is 0. The molecule has 0 saturated carbocycles. The first-order valence-electron chi connectivity index (χ1n) is 7.99. The van der Waals surface area contributed by atoms with E-state index in [2.05, 4.69) is 0 Å². The molecule has 1 aliphatic rings. The molecule has 0 atom stereocenters. The first-order chi connectivity index (χ1) is 12.0. The molecule has 0 bridgehead atoms. The van der Waals surface area contributed by atoms with E-state index in [0.29, 0.717) is 22.8 Å². The Morgan fingerprint density at radius 1 is 1.16 bits per heavy atom. The molecule has 0 spiro atoms. The van der Waals surface area contributed by atoms with Crippen LogP contribution in [-0.4, -0.2) is 36.5 Å². The molecule has 1 aliphatic heterocycles. The van der Waals surface area contributed by atoms with Crippen LogP contribution < -0.4 is 0 Å². The quantitative estimate of drug-likeness (QED) is 0.464. The van der Waals surface area contributed by atoms with Gasteiger partial charge in [-0.15, -0.1) is 11.3 Å². The van der Waals surface area contributed by atoms with E-state index in [0.717, 1.165) is 12.0 Å². The Labute approximate surface area is 149 Å².